The van der Waals surface area contributed by atoms with Crippen molar-refractivity contribution in [3.05, 3.63) is 119 Å². The van der Waals surface area contributed by atoms with Crippen LogP contribution in [0.1, 0.15) is 45.9 Å². The van der Waals surface area contributed by atoms with Gasteiger partial charge in [-0.05, 0) is 47.4 Å². The summed E-state index contributed by atoms with van der Waals surface area (Å²) in [7, 11) is -8.00. The Labute approximate surface area is 229 Å². The Bertz CT molecular complexity index is 1770. The van der Waals surface area contributed by atoms with E-state index in [2.05, 4.69) is 14.7 Å². The number of carbonyl (C=O) groups is 1. The van der Waals surface area contributed by atoms with Gasteiger partial charge in [0.1, 0.15) is 22.7 Å². The van der Waals surface area contributed by atoms with Crippen molar-refractivity contribution < 1.29 is 30.4 Å². The van der Waals surface area contributed by atoms with E-state index in [1.807, 2.05) is 4.72 Å². The average Bonchev–Trinajstić information content (AvgIpc) is 3.48. The zero-order valence-corrected chi connectivity index (χ0v) is 22.5. The van der Waals surface area contributed by atoms with E-state index in [-0.39, 0.29) is 35.8 Å². The summed E-state index contributed by atoms with van der Waals surface area (Å²) in [6, 6.07) is 16.3. The molecular formula is C27H24F2N4O5S2. The van der Waals surface area contributed by atoms with Crippen LogP contribution in [0.3, 0.4) is 0 Å². The third kappa shape index (κ3) is 6.11. The molecule has 3 N–H and O–H groups in total. The topological polar surface area (TPSA) is 138 Å². The van der Waals surface area contributed by atoms with E-state index in [9.17, 15) is 30.4 Å². The Hall–Kier alpha value is -3.94. The van der Waals surface area contributed by atoms with Crippen LogP contribution < -0.4 is 9.44 Å². The molecule has 1 fully saturated rings. The van der Waals surface area contributed by atoms with E-state index in [1.165, 1.54) is 24.4 Å². The second-order valence-electron chi connectivity index (χ2n) is 9.40. The number of nitrogens with zero attached hydrogens (tertiary/aromatic N) is 1. The van der Waals surface area contributed by atoms with Crippen molar-refractivity contribution in [2.24, 2.45) is 0 Å². The molecule has 0 aliphatic carbocycles. The molecule has 0 unspecified atom stereocenters. The molecule has 0 spiro atoms. The summed E-state index contributed by atoms with van der Waals surface area (Å²) in [5, 5.41) is -1.01. The summed E-state index contributed by atoms with van der Waals surface area (Å²) in [6.07, 6.45) is 1.59. The molecule has 1 aliphatic rings. The van der Waals surface area contributed by atoms with Gasteiger partial charge in [0.05, 0.1) is 17.4 Å². The van der Waals surface area contributed by atoms with Crippen molar-refractivity contribution in [1.82, 2.24) is 19.4 Å². The first-order chi connectivity index (χ1) is 19.0. The fourth-order valence-electron chi connectivity index (χ4n) is 4.52. The molecule has 3 aromatic carbocycles. The van der Waals surface area contributed by atoms with Crippen LogP contribution in [0.5, 0.6) is 0 Å². The molecule has 1 aliphatic heterocycles. The van der Waals surface area contributed by atoms with Gasteiger partial charge in [-0.2, -0.15) is 0 Å². The number of benzene rings is 3. The summed E-state index contributed by atoms with van der Waals surface area (Å²) < 4.78 is 83.2. The predicted octanol–water partition coefficient (Wildman–Crippen LogP) is 3.43. The second kappa shape index (κ2) is 10.9. The van der Waals surface area contributed by atoms with Crippen LogP contribution in [0.4, 0.5) is 8.78 Å². The van der Waals surface area contributed by atoms with Crippen molar-refractivity contribution in [2.45, 2.75) is 35.4 Å². The van der Waals surface area contributed by atoms with Gasteiger partial charge in [0.15, 0.2) is 0 Å². The van der Waals surface area contributed by atoms with E-state index in [0.29, 0.717) is 22.4 Å². The zero-order valence-electron chi connectivity index (χ0n) is 20.8. The molecule has 4 aromatic rings. The average molecular weight is 587 g/mol. The second-order valence-corrected chi connectivity index (χ2v) is 13.0. The van der Waals surface area contributed by atoms with E-state index in [1.54, 1.807) is 42.5 Å². The Morgan fingerprint density at radius 1 is 1.02 bits per heavy atom. The monoisotopic (exact) mass is 586 g/mol. The molecule has 1 amide bonds. The molecule has 0 saturated carbocycles. The Morgan fingerprint density at radius 3 is 2.45 bits per heavy atom. The van der Waals surface area contributed by atoms with Crippen molar-refractivity contribution in [2.75, 3.05) is 0 Å². The molecule has 0 bridgehead atoms. The first kappa shape index (κ1) is 27.6. The van der Waals surface area contributed by atoms with Crippen molar-refractivity contribution >= 4 is 26.0 Å². The molecular weight excluding hydrogens is 562 g/mol. The number of hydrogen-bond donors (Lipinski definition) is 3. The van der Waals surface area contributed by atoms with Gasteiger partial charge in [0, 0.05) is 18.3 Å². The number of carbonyl (C=O) groups excluding carboxylic acids is 1. The number of rotatable bonds is 9. The van der Waals surface area contributed by atoms with E-state index >= 15 is 0 Å². The van der Waals surface area contributed by atoms with Gasteiger partial charge in [0.25, 0.3) is 0 Å². The van der Waals surface area contributed by atoms with Crippen molar-refractivity contribution in [3.8, 4) is 0 Å². The third-order valence-corrected chi connectivity index (χ3v) is 9.68. The van der Waals surface area contributed by atoms with E-state index in [4.69, 9.17) is 0 Å². The lowest BCUT2D eigenvalue weighted by Gasteiger charge is -2.18. The van der Waals surface area contributed by atoms with Crippen LogP contribution in [0.25, 0.3) is 0 Å². The Balaban J connectivity index is 1.43. The number of aromatic amines is 1. The smallest absolute Gasteiger partial charge is 0.242 e. The van der Waals surface area contributed by atoms with Crippen molar-refractivity contribution in [1.29, 1.82) is 0 Å². The summed E-state index contributed by atoms with van der Waals surface area (Å²) in [5.41, 5.74) is 2.04. The first-order valence-corrected chi connectivity index (χ1v) is 15.2. The lowest BCUT2D eigenvalue weighted by molar-refractivity contribution is -0.118. The zero-order chi connectivity index (χ0) is 28.5. The fourth-order valence-corrected chi connectivity index (χ4v) is 7.18. The largest absolute Gasteiger partial charge is 0.344 e. The van der Waals surface area contributed by atoms with E-state index < -0.39 is 43.1 Å². The van der Waals surface area contributed by atoms with E-state index in [0.717, 1.165) is 12.1 Å². The Kier molecular flexibility index (Phi) is 7.53. The number of imidazole rings is 1. The molecule has 13 heteroatoms. The van der Waals surface area contributed by atoms with Gasteiger partial charge in [-0.1, -0.05) is 48.5 Å². The highest BCUT2D eigenvalue weighted by Gasteiger charge is 2.37. The molecule has 40 heavy (non-hydrogen) atoms. The lowest BCUT2D eigenvalue weighted by Crippen LogP contribution is -2.31. The summed E-state index contributed by atoms with van der Waals surface area (Å²) in [5.74, 6) is -1.42. The molecule has 2 heterocycles. The fraction of sp³-hybridized carbons (Fsp3) is 0.185. The van der Waals surface area contributed by atoms with Gasteiger partial charge in [0.2, 0.25) is 26.0 Å². The number of nitrogens with one attached hydrogen (secondary N) is 3. The number of amides is 1. The first-order valence-electron chi connectivity index (χ1n) is 12.2. The number of aromatic nitrogens is 2. The maximum atomic E-state index is 14.2. The third-order valence-electron chi connectivity index (χ3n) is 6.51. The molecule has 9 nitrogen and oxygen atoms in total. The minimum absolute atomic E-state index is 0.0933. The Morgan fingerprint density at radius 2 is 1.77 bits per heavy atom. The molecule has 0 radical (unpaired) electrons. The minimum atomic E-state index is -4.18. The van der Waals surface area contributed by atoms with Gasteiger partial charge in [-0.25, -0.2) is 35.3 Å². The molecule has 1 saturated heterocycles. The summed E-state index contributed by atoms with van der Waals surface area (Å²) >= 11 is 0. The molecule has 2 atom stereocenters. The quantitative estimate of drug-likeness (QED) is 0.275. The highest BCUT2D eigenvalue weighted by Crippen LogP contribution is 2.31. The lowest BCUT2D eigenvalue weighted by atomic mass is 10.0. The van der Waals surface area contributed by atoms with Crippen LogP contribution in [0, 0.1) is 11.6 Å². The highest BCUT2D eigenvalue weighted by atomic mass is 32.2. The number of H-pyrrole nitrogens is 1. The maximum absolute atomic E-state index is 14.2. The van der Waals surface area contributed by atoms with Crippen LogP contribution >= 0.6 is 0 Å². The molecule has 208 valence electrons. The SMILES string of the molecule is O=C1C[C@@H](c2ccc(C[C@H](NS(=O)(=O)c3cccc(F)c3)c3ncc(Cc4ccccc4F)[nH]3)cc2)S(=O)(=O)N1. The van der Waals surface area contributed by atoms with Crippen LogP contribution in [-0.4, -0.2) is 32.7 Å². The summed E-state index contributed by atoms with van der Waals surface area (Å²) in [6.45, 7) is 0. The van der Waals surface area contributed by atoms with Gasteiger partial charge in [-0.15, -0.1) is 0 Å². The standard InChI is InChI=1S/C27H24F2N4O5S2/c28-20-5-3-6-22(14-20)39(35,36)32-24(27-30-16-21(31-27)13-19-4-1-2-7-23(19)29)12-17-8-10-18(11-9-17)25-15-26(34)33-40(25,37)38/h1-11,14,16,24-25,32H,12-13,15H2,(H,30,31)(H,33,34)/t24-,25-/m0/s1. The molecule has 1 aromatic heterocycles. The minimum Gasteiger partial charge on any atom is -0.344 e. The summed E-state index contributed by atoms with van der Waals surface area (Å²) in [4.78, 5) is 18.7. The normalized spacial score (nSPS) is 17.4. The maximum Gasteiger partial charge on any atom is 0.242 e. The number of sulfonamides is 2. The van der Waals surface area contributed by atoms with Gasteiger partial charge < -0.3 is 4.98 Å². The van der Waals surface area contributed by atoms with Crippen LogP contribution in [-0.2, 0) is 37.7 Å². The van der Waals surface area contributed by atoms with Crippen LogP contribution in [0.15, 0.2) is 83.9 Å². The highest BCUT2D eigenvalue weighted by molar-refractivity contribution is 7.90. The van der Waals surface area contributed by atoms with Gasteiger partial charge >= 0.3 is 0 Å². The number of hydrogen-bond acceptors (Lipinski definition) is 6. The van der Waals surface area contributed by atoms with Crippen molar-refractivity contribution in [3.63, 3.8) is 0 Å². The number of halogens is 2. The molecule has 5 rings (SSSR count). The van der Waals surface area contributed by atoms with Crippen LogP contribution in [0.2, 0.25) is 0 Å². The van der Waals surface area contributed by atoms with Gasteiger partial charge in [-0.3, -0.25) is 9.52 Å². The predicted molar refractivity (Wildman–Crippen MR) is 142 cm³/mol.